The van der Waals surface area contributed by atoms with E-state index in [-0.39, 0.29) is 12.2 Å². The van der Waals surface area contributed by atoms with Crippen LogP contribution in [-0.4, -0.2) is 12.2 Å². The first-order chi connectivity index (χ1) is 8.72. The Morgan fingerprint density at radius 1 is 0.778 bits per heavy atom. The summed E-state index contributed by atoms with van der Waals surface area (Å²) in [6.07, 6.45) is 11.9. The van der Waals surface area contributed by atoms with Crippen molar-refractivity contribution in [3.05, 3.63) is 0 Å². The van der Waals surface area contributed by atoms with Gasteiger partial charge in [-0.2, -0.15) is 4.08 Å². The third-order valence-corrected chi connectivity index (χ3v) is 6.56. The van der Waals surface area contributed by atoms with Crippen LogP contribution in [0.3, 0.4) is 0 Å². The lowest BCUT2D eigenvalue weighted by molar-refractivity contribution is 0.0794. The Balaban J connectivity index is 1.85. The third kappa shape index (κ3) is 4.73. The summed E-state index contributed by atoms with van der Waals surface area (Å²) < 4.78 is 16.7. The Kier molecular flexibility index (Phi) is 6.39. The number of halogens is 1. The van der Waals surface area contributed by atoms with Gasteiger partial charge in [0.25, 0.3) is 0 Å². The molecule has 2 saturated carbocycles. The molecule has 0 heterocycles. The first-order valence-corrected chi connectivity index (χ1v) is 9.85. The summed E-state index contributed by atoms with van der Waals surface area (Å²) >= 11 is 10.9. The molecule has 0 radical (unpaired) electrons. The maximum absolute atomic E-state index is 5.88. The average molecular weight is 313 g/mol. The normalized spacial score (nSPS) is 24.3. The van der Waals surface area contributed by atoms with Crippen LogP contribution in [0.1, 0.15) is 64.2 Å². The molecule has 0 N–H and O–H groups in total. The van der Waals surface area contributed by atoms with Gasteiger partial charge in [0.05, 0.1) is 24.1 Å². The van der Waals surface area contributed by atoms with Crippen LogP contribution >= 0.6 is 18.6 Å². The van der Waals surface area contributed by atoms with E-state index in [2.05, 4.69) is 0 Å². The standard InChI is InChI=1S/C12H22ClO3PS/c13-16-17(18,14-11-7-3-1-4-8-11)15-12-9-5-2-6-10-12/h11-12H,1-10H2. The molecule has 0 amide bonds. The number of hydrogen-bond donors (Lipinski definition) is 0. The molecule has 6 heteroatoms. The lowest BCUT2D eigenvalue weighted by atomic mass is 9.98. The van der Waals surface area contributed by atoms with Gasteiger partial charge < -0.3 is 9.05 Å². The molecule has 0 unspecified atom stereocenters. The van der Waals surface area contributed by atoms with Crippen LogP contribution in [0.4, 0.5) is 0 Å². The van der Waals surface area contributed by atoms with Crippen molar-refractivity contribution in [3.8, 4) is 0 Å². The molecule has 3 nitrogen and oxygen atoms in total. The van der Waals surface area contributed by atoms with Crippen molar-refractivity contribution in [2.45, 2.75) is 76.4 Å². The molecule has 0 aromatic rings. The van der Waals surface area contributed by atoms with Gasteiger partial charge in [-0.3, -0.25) is 0 Å². The Morgan fingerprint density at radius 3 is 1.50 bits per heavy atom. The van der Waals surface area contributed by atoms with Crippen molar-refractivity contribution in [2.24, 2.45) is 0 Å². The smallest absolute Gasteiger partial charge is 0.304 e. The highest BCUT2D eigenvalue weighted by Gasteiger charge is 2.30. The zero-order valence-electron chi connectivity index (χ0n) is 10.7. The molecule has 0 saturated heterocycles. The SMILES string of the molecule is S=P(OCl)(OC1CCCCC1)OC1CCCCC1. The lowest BCUT2D eigenvalue weighted by Crippen LogP contribution is -2.20. The quantitative estimate of drug-likeness (QED) is 0.662. The zero-order chi connectivity index (χ0) is 12.8. The van der Waals surface area contributed by atoms with Crippen LogP contribution in [0, 0.1) is 0 Å². The molecule has 106 valence electrons. The van der Waals surface area contributed by atoms with Gasteiger partial charge in [-0.15, -0.1) is 0 Å². The van der Waals surface area contributed by atoms with E-state index in [1.54, 1.807) is 0 Å². The third-order valence-electron chi connectivity index (χ3n) is 3.75. The van der Waals surface area contributed by atoms with Gasteiger partial charge in [0, 0.05) is 0 Å². The second-order valence-corrected chi connectivity index (χ2v) is 8.46. The fourth-order valence-electron chi connectivity index (χ4n) is 2.76. The molecule has 2 fully saturated rings. The first kappa shape index (κ1) is 15.2. The second kappa shape index (κ2) is 7.56. The Labute approximate surface area is 120 Å². The Bertz CT molecular complexity index is 267. The molecule has 0 aromatic heterocycles. The summed E-state index contributed by atoms with van der Waals surface area (Å²) in [5.41, 5.74) is 0. The minimum atomic E-state index is -2.74. The summed E-state index contributed by atoms with van der Waals surface area (Å²) in [5.74, 6) is 0. The highest BCUT2D eigenvalue weighted by atomic mass is 35.5. The summed E-state index contributed by atoms with van der Waals surface area (Å²) in [4.78, 5) is 0. The number of hydrogen-bond acceptors (Lipinski definition) is 4. The van der Waals surface area contributed by atoms with Crippen LogP contribution in [0.25, 0.3) is 0 Å². The monoisotopic (exact) mass is 312 g/mol. The summed E-state index contributed by atoms with van der Waals surface area (Å²) in [7, 11) is 0. The van der Waals surface area contributed by atoms with Gasteiger partial charge in [-0.25, -0.2) is 0 Å². The molecule has 0 bridgehead atoms. The van der Waals surface area contributed by atoms with Crippen molar-refractivity contribution in [2.75, 3.05) is 0 Å². The van der Waals surface area contributed by atoms with E-state index in [0.717, 1.165) is 25.7 Å². The van der Waals surface area contributed by atoms with E-state index in [4.69, 9.17) is 36.8 Å². The van der Waals surface area contributed by atoms with Crippen molar-refractivity contribution in [1.29, 1.82) is 0 Å². The molecular weight excluding hydrogens is 291 g/mol. The fraction of sp³-hybridized carbons (Fsp3) is 1.00. The molecule has 18 heavy (non-hydrogen) atoms. The molecular formula is C12H22ClO3PS. The molecule has 0 aliphatic heterocycles. The Hall–Kier alpha value is 0.820. The van der Waals surface area contributed by atoms with Gasteiger partial charge in [-0.05, 0) is 37.5 Å². The summed E-state index contributed by atoms with van der Waals surface area (Å²) in [6.45, 7) is -2.74. The maximum atomic E-state index is 5.88. The molecule has 2 aliphatic carbocycles. The molecule has 0 spiro atoms. The molecule has 2 rings (SSSR count). The highest BCUT2D eigenvalue weighted by molar-refractivity contribution is 8.07. The van der Waals surface area contributed by atoms with Crippen LogP contribution in [0.15, 0.2) is 0 Å². The van der Waals surface area contributed by atoms with E-state index in [1.165, 1.54) is 38.5 Å². The maximum Gasteiger partial charge on any atom is 0.344 e. The van der Waals surface area contributed by atoms with Gasteiger partial charge in [0.1, 0.15) is 0 Å². The minimum absolute atomic E-state index is 0.173. The molecule has 2 aliphatic rings. The topological polar surface area (TPSA) is 27.7 Å². The largest absolute Gasteiger partial charge is 0.344 e. The molecule has 0 aromatic carbocycles. The van der Waals surface area contributed by atoms with Gasteiger partial charge in [-0.1, -0.05) is 38.5 Å². The fourth-order valence-corrected chi connectivity index (χ4v) is 4.96. The zero-order valence-corrected chi connectivity index (χ0v) is 13.2. The highest BCUT2D eigenvalue weighted by Crippen LogP contribution is 2.55. The van der Waals surface area contributed by atoms with Crippen molar-refractivity contribution >= 4 is 30.4 Å². The second-order valence-electron chi connectivity index (χ2n) is 5.25. The van der Waals surface area contributed by atoms with E-state index < -0.39 is 6.72 Å². The van der Waals surface area contributed by atoms with E-state index in [1.807, 2.05) is 0 Å². The van der Waals surface area contributed by atoms with Crippen molar-refractivity contribution in [1.82, 2.24) is 0 Å². The summed E-state index contributed by atoms with van der Waals surface area (Å²) in [5, 5.41) is 0. The van der Waals surface area contributed by atoms with E-state index in [9.17, 15) is 0 Å². The van der Waals surface area contributed by atoms with Crippen molar-refractivity contribution < 1.29 is 13.1 Å². The Morgan fingerprint density at radius 2 is 1.17 bits per heavy atom. The van der Waals surface area contributed by atoms with Gasteiger partial charge in [0.15, 0.2) is 0 Å². The van der Waals surface area contributed by atoms with Gasteiger partial charge >= 0.3 is 6.72 Å². The lowest BCUT2D eigenvalue weighted by Gasteiger charge is -2.31. The average Bonchev–Trinajstić information content (AvgIpc) is 2.41. The van der Waals surface area contributed by atoms with E-state index >= 15 is 0 Å². The number of rotatable bonds is 5. The van der Waals surface area contributed by atoms with Crippen LogP contribution in [-0.2, 0) is 24.9 Å². The molecule has 0 atom stereocenters. The van der Waals surface area contributed by atoms with Crippen LogP contribution in [0.5, 0.6) is 0 Å². The van der Waals surface area contributed by atoms with Gasteiger partial charge in [0.2, 0.25) is 0 Å². The first-order valence-electron chi connectivity index (χ1n) is 6.99. The predicted molar refractivity (Wildman–Crippen MR) is 77.1 cm³/mol. The summed E-state index contributed by atoms with van der Waals surface area (Å²) in [6, 6.07) is 0. The van der Waals surface area contributed by atoms with E-state index in [0.29, 0.717) is 0 Å². The van der Waals surface area contributed by atoms with Crippen LogP contribution in [0.2, 0.25) is 0 Å². The van der Waals surface area contributed by atoms with Crippen molar-refractivity contribution in [3.63, 3.8) is 0 Å². The van der Waals surface area contributed by atoms with Crippen LogP contribution < -0.4 is 0 Å². The minimum Gasteiger partial charge on any atom is -0.304 e. The predicted octanol–water partition coefficient (Wildman–Crippen LogP) is 5.08.